The Hall–Kier alpha value is -0.860. The lowest BCUT2D eigenvalue weighted by Gasteiger charge is -1.98. The molecule has 70 valence electrons. The van der Waals surface area contributed by atoms with E-state index >= 15 is 0 Å². The predicted molar refractivity (Wildman–Crippen MR) is 58.6 cm³/mol. The smallest absolute Gasteiger partial charge is 0.0966 e. The Morgan fingerprint density at radius 2 is 1.71 bits per heavy atom. The summed E-state index contributed by atoms with van der Waals surface area (Å²) in [6, 6.07) is 5.02. The Balaban J connectivity index is 3.07. The van der Waals surface area contributed by atoms with Gasteiger partial charge in [-0.1, -0.05) is 46.6 Å². The standard InChI is InChI=1S/C10H4Cl3N/c11-8-6-10(13)9(12)5-7(8)3-1-2-4-14/h5-6H,2H2. The summed E-state index contributed by atoms with van der Waals surface area (Å²) < 4.78 is 0. The number of hydrogen-bond donors (Lipinski definition) is 0. The van der Waals surface area contributed by atoms with Gasteiger partial charge in [0.25, 0.3) is 0 Å². The highest BCUT2D eigenvalue weighted by Crippen LogP contribution is 2.28. The van der Waals surface area contributed by atoms with Crippen LogP contribution in [-0.4, -0.2) is 0 Å². The van der Waals surface area contributed by atoms with Gasteiger partial charge in [-0.3, -0.25) is 0 Å². The molecule has 0 radical (unpaired) electrons. The maximum absolute atomic E-state index is 8.28. The first-order valence-corrected chi connectivity index (χ1v) is 4.79. The van der Waals surface area contributed by atoms with Gasteiger partial charge in [-0.05, 0) is 12.1 Å². The lowest BCUT2D eigenvalue weighted by molar-refractivity contribution is 1.39. The number of hydrogen-bond acceptors (Lipinski definition) is 1. The third-order valence-corrected chi connectivity index (χ3v) is 2.44. The summed E-state index contributed by atoms with van der Waals surface area (Å²) in [4.78, 5) is 0. The molecular weight excluding hydrogens is 240 g/mol. The minimum absolute atomic E-state index is 0.163. The number of nitriles is 1. The zero-order valence-electron chi connectivity index (χ0n) is 6.94. The highest BCUT2D eigenvalue weighted by molar-refractivity contribution is 6.43. The summed E-state index contributed by atoms with van der Waals surface area (Å²) in [6.45, 7) is 0. The Kier molecular flexibility index (Phi) is 4.11. The van der Waals surface area contributed by atoms with Crippen molar-refractivity contribution in [1.82, 2.24) is 0 Å². The molecule has 0 unspecified atom stereocenters. The van der Waals surface area contributed by atoms with Gasteiger partial charge in [0, 0.05) is 5.56 Å². The summed E-state index contributed by atoms with van der Waals surface area (Å²) in [5.74, 6) is 5.38. The van der Waals surface area contributed by atoms with Crippen LogP contribution < -0.4 is 0 Å². The van der Waals surface area contributed by atoms with E-state index in [4.69, 9.17) is 40.1 Å². The molecule has 4 heteroatoms. The van der Waals surface area contributed by atoms with Crippen LogP contribution in [-0.2, 0) is 0 Å². The van der Waals surface area contributed by atoms with E-state index in [0.717, 1.165) is 0 Å². The Labute approximate surface area is 97.2 Å². The van der Waals surface area contributed by atoms with E-state index in [1.807, 2.05) is 6.07 Å². The minimum atomic E-state index is 0.163. The fraction of sp³-hybridized carbons (Fsp3) is 0.100. The van der Waals surface area contributed by atoms with Crippen molar-refractivity contribution in [3.63, 3.8) is 0 Å². The second-order valence-corrected chi connectivity index (χ2v) is 3.60. The van der Waals surface area contributed by atoms with Crippen LogP contribution in [0.5, 0.6) is 0 Å². The third kappa shape index (κ3) is 2.82. The minimum Gasteiger partial charge on any atom is -0.197 e. The molecule has 0 aliphatic rings. The van der Waals surface area contributed by atoms with Crippen molar-refractivity contribution in [3.05, 3.63) is 32.8 Å². The van der Waals surface area contributed by atoms with Gasteiger partial charge in [0.05, 0.1) is 27.6 Å². The number of halogens is 3. The van der Waals surface area contributed by atoms with Gasteiger partial charge < -0.3 is 0 Å². The van der Waals surface area contributed by atoms with E-state index in [-0.39, 0.29) is 6.42 Å². The molecule has 0 heterocycles. The van der Waals surface area contributed by atoms with Gasteiger partial charge in [0.1, 0.15) is 0 Å². The van der Waals surface area contributed by atoms with Gasteiger partial charge in [-0.15, -0.1) is 0 Å². The molecule has 0 amide bonds. The molecule has 0 saturated carbocycles. The maximum atomic E-state index is 8.28. The van der Waals surface area contributed by atoms with Crippen LogP contribution in [0.3, 0.4) is 0 Å². The molecule has 1 aromatic rings. The summed E-state index contributed by atoms with van der Waals surface area (Å²) in [5.41, 5.74) is 0.580. The molecular formula is C10H4Cl3N. The Morgan fingerprint density at radius 3 is 2.36 bits per heavy atom. The van der Waals surface area contributed by atoms with E-state index in [0.29, 0.717) is 20.6 Å². The molecule has 0 N–H and O–H groups in total. The summed E-state index contributed by atoms with van der Waals surface area (Å²) in [5, 5.41) is 9.51. The number of rotatable bonds is 0. The van der Waals surface area contributed by atoms with E-state index in [1.54, 1.807) is 6.07 Å². The van der Waals surface area contributed by atoms with E-state index in [1.165, 1.54) is 6.07 Å². The van der Waals surface area contributed by atoms with Crippen molar-refractivity contribution < 1.29 is 0 Å². The molecule has 0 aliphatic heterocycles. The summed E-state index contributed by atoms with van der Waals surface area (Å²) >= 11 is 17.4. The average molecular weight is 245 g/mol. The molecule has 1 nitrogen and oxygen atoms in total. The molecule has 0 spiro atoms. The van der Waals surface area contributed by atoms with E-state index < -0.39 is 0 Å². The molecule has 0 aromatic heterocycles. The average Bonchev–Trinajstić information content (AvgIpc) is 2.14. The Morgan fingerprint density at radius 1 is 1.07 bits per heavy atom. The molecule has 1 rings (SSSR count). The summed E-state index contributed by atoms with van der Waals surface area (Å²) in [6.07, 6.45) is 0.163. The molecule has 0 atom stereocenters. The fourth-order valence-corrected chi connectivity index (χ4v) is 1.39. The van der Waals surface area contributed by atoms with Crippen molar-refractivity contribution >= 4 is 34.8 Å². The van der Waals surface area contributed by atoms with Crippen molar-refractivity contribution in [2.24, 2.45) is 0 Å². The first-order chi connectivity index (χ1) is 6.65. The number of benzene rings is 1. The van der Waals surface area contributed by atoms with Crippen LogP contribution in [0, 0.1) is 23.2 Å². The molecule has 14 heavy (non-hydrogen) atoms. The highest BCUT2D eigenvalue weighted by atomic mass is 35.5. The number of nitrogens with zero attached hydrogens (tertiary/aromatic N) is 1. The zero-order chi connectivity index (χ0) is 10.6. The molecule has 0 fully saturated rings. The predicted octanol–water partition coefficient (Wildman–Crippen LogP) is 3.91. The van der Waals surface area contributed by atoms with Crippen molar-refractivity contribution in [3.8, 4) is 17.9 Å². The molecule has 0 saturated heterocycles. The van der Waals surface area contributed by atoms with Crippen LogP contribution in [0.1, 0.15) is 12.0 Å². The monoisotopic (exact) mass is 243 g/mol. The van der Waals surface area contributed by atoms with Crippen molar-refractivity contribution in [2.75, 3.05) is 0 Å². The normalized spacial score (nSPS) is 8.71. The quantitative estimate of drug-likeness (QED) is 0.501. The van der Waals surface area contributed by atoms with Gasteiger partial charge in [0.15, 0.2) is 0 Å². The van der Waals surface area contributed by atoms with Crippen LogP contribution in [0.2, 0.25) is 15.1 Å². The third-order valence-electron chi connectivity index (χ3n) is 1.40. The first-order valence-electron chi connectivity index (χ1n) is 3.65. The van der Waals surface area contributed by atoms with E-state index in [2.05, 4.69) is 11.8 Å². The molecule has 0 aliphatic carbocycles. The van der Waals surface area contributed by atoms with Crippen LogP contribution in [0.25, 0.3) is 0 Å². The van der Waals surface area contributed by atoms with Gasteiger partial charge in [-0.2, -0.15) is 5.26 Å². The Bertz CT molecular complexity index is 449. The van der Waals surface area contributed by atoms with Gasteiger partial charge in [-0.25, -0.2) is 0 Å². The SMILES string of the molecule is N#CCC#Cc1cc(Cl)c(Cl)cc1Cl. The zero-order valence-corrected chi connectivity index (χ0v) is 9.21. The summed E-state index contributed by atoms with van der Waals surface area (Å²) in [7, 11) is 0. The van der Waals surface area contributed by atoms with Crippen molar-refractivity contribution in [2.45, 2.75) is 6.42 Å². The lowest BCUT2D eigenvalue weighted by atomic mass is 10.2. The van der Waals surface area contributed by atoms with E-state index in [9.17, 15) is 0 Å². The second kappa shape index (κ2) is 5.13. The molecule has 1 aromatic carbocycles. The molecule has 0 bridgehead atoms. The van der Waals surface area contributed by atoms with Crippen LogP contribution >= 0.6 is 34.8 Å². The topological polar surface area (TPSA) is 23.8 Å². The first kappa shape index (κ1) is 11.2. The maximum Gasteiger partial charge on any atom is 0.0966 e. The van der Waals surface area contributed by atoms with Gasteiger partial charge >= 0.3 is 0 Å². The van der Waals surface area contributed by atoms with Crippen LogP contribution in [0.4, 0.5) is 0 Å². The van der Waals surface area contributed by atoms with Crippen LogP contribution in [0.15, 0.2) is 12.1 Å². The highest BCUT2D eigenvalue weighted by Gasteiger charge is 2.03. The lowest BCUT2D eigenvalue weighted by Crippen LogP contribution is -1.78. The van der Waals surface area contributed by atoms with Crippen molar-refractivity contribution in [1.29, 1.82) is 5.26 Å². The largest absolute Gasteiger partial charge is 0.197 e. The van der Waals surface area contributed by atoms with Gasteiger partial charge in [0.2, 0.25) is 0 Å². The fourth-order valence-electron chi connectivity index (χ4n) is 0.797. The second-order valence-electron chi connectivity index (χ2n) is 2.38.